The number of ether oxygens (including phenoxy) is 1. The van der Waals surface area contributed by atoms with Crippen molar-refractivity contribution in [1.29, 1.82) is 0 Å². The zero-order valence-electron chi connectivity index (χ0n) is 21.9. The topological polar surface area (TPSA) is 102 Å². The number of Topliss-reactive ketones (excluding diaryl/α,β-unsaturated/α-hetero) is 2. The van der Waals surface area contributed by atoms with Gasteiger partial charge in [-0.25, -0.2) is 9.18 Å². The van der Waals surface area contributed by atoms with Gasteiger partial charge in [0.05, 0.1) is 12.3 Å². The third kappa shape index (κ3) is 3.72. The Bertz CT molecular complexity index is 1190. The van der Waals surface area contributed by atoms with Gasteiger partial charge >= 0.3 is 13.2 Å². The lowest BCUT2D eigenvalue weighted by Crippen LogP contribution is -2.62. The Balaban J connectivity index is 1.52. The molecule has 0 unspecified atom stereocenters. The van der Waals surface area contributed by atoms with Crippen LogP contribution < -0.4 is 10.8 Å². The van der Waals surface area contributed by atoms with Crippen molar-refractivity contribution in [3.63, 3.8) is 0 Å². The minimum absolute atomic E-state index is 0.0199. The summed E-state index contributed by atoms with van der Waals surface area (Å²) in [5, 5.41) is 12.5. The van der Waals surface area contributed by atoms with Crippen molar-refractivity contribution in [3.8, 4) is 0 Å². The van der Waals surface area contributed by atoms with Crippen molar-refractivity contribution < 1.29 is 33.2 Å². The number of hydrogen-bond acceptors (Lipinski definition) is 6. The summed E-state index contributed by atoms with van der Waals surface area (Å²) < 4.78 is 26.0. The van der Waals surface area contributed by atoms with Gasteiger partial charge in [0.1, 0.15) is 23.5 Å². The molecule has 3 aliphatic carbocycles. The monoisotopic (exact) mass is 511 g/mol. The van der Waals surface area contributed by atoms with E-state index in [1.807, 2.05) is 20.8 Å². The molecule has 7 atom stereocenters. The molecule has 0 saturated heterocycles. The summed E-state index contributed by atoms with van der Waals surface area (Å²) in [7, 11) is -1.19. The maximum absolute atomic E-state index is 14.8. The largest absolute Gasteiger partial charge is 0.491 e. The van der Waals surface area contributed by atoms with Crippen LogP contribution in [0.1, 0.15) is 65.4 Å². The van der Waals surface area contributed by atoms with Gasteiger partial charge in [-0.05, 0) is 60.7 Å². The lowest BCUT2D eigenvalue weighted by atomic mass is 9.44. The minimum Gasteiger partial charge on any atom is -0.445 e. The molecule has 2 N–H and O–H groups in total. The van der Waals surface area contributed by atoms with E-state index < -0.39 is 47.3 Å². The molecule has 1 aromatic rings. The van der Waals surface area contributed by atoms with E-state index >= 15 is 0 Å². The first-order chi connectivity index (χ1) is 17.4. The van der Waals surface area contributed by atoms with Crippen LogP contribution in [0.25, 0.3) is 0 Å². The Morgan fingerprint density at radius 3 is 2.73 bits per heavy atom. The second-order valence-electron chi connectivity index (χ2n) is 12.1. The molecule has 1 amide bonds. The molecule has 1 aromatic carbocycles. The average Bonchev–Trinajstić information content (AvgIpc) is 3.40. The van der Waals surface area contributed by atoms with Crippen LogP contribution in [-0.4, -0.2) is 35.9 Å². The van der Waals surface area contributed by atoms with Gasteiger partial charge in [-0.3, -0.25) is 14.9 Å². The highest BCUT2D eigenvalue weighted by molar-refractivity contribution is 6.61. The molecule has 9 heteroatoms. The summed E-state index contributed by atoms with van der Waals surface area (Å²) in [6, 6.07) is 2.57. The fraction of sp³-hybridized carbons (Fsp3) is 0.607. The Labute approximate surface area is 217 Å². The first-order valence-corrected chi connectivity index (χ1v) is 13.2. The maximum Gasteiger partial charge on any atom is 0.491 e. The van der Waals surface area contributed by atoms with Crippen LogP contribution in [0.2, 0.25) is 0 Å². The molecule has 5 rings (SSSR count). The number of benzene rings is 1. The number of allylic oxidation sites excluding steroid dienone is 1. The number of rotatable bonds is 3. The molecule has 3 saturated carbocycles. The molecule has 37 heavy (non-hydrogen) atoms. The Morgan fingerprint density at radius 1 is 1.30 bits per heavy atom. The third-order valence-electron chi connectivity index (χ3n) is 10.4. The van der Waals surface area contributed by atoms with Crippen LogP contribution >= 0.6 is 0 Å². The van der Waals surface area contributed by atoms with Crippen LogP contribution in [0.15, 0.2) is 24.8 Å². The predicted molar refractivity (Wildman–Crippen MR) is 136 cm³/mol. The van der Waals surface area contributed by atoms with E-state index in [1.54, 1.807) is 6.08 Å². The molecular formula is C28H35BFNO6. The number of halogens is 1. The van der Waals surface area contributed by atoms with Crippen molar-refractivity contribution in [2.45, 2.75) is 72.5 Å². The summed E-state index contributed by atoms with van der Waals surface area (Å²) in [5.41, 5.74) is -1.37. The summed E-state index contributed by atoms with van der Waals surface area (Å²) >= 11 is 0. The highest BCUT2D eigenvalue weighted by atomic mass is 19.1. The second-order valence-corrected chi connectivity index (χ2v) is 12.1. The highest BCUT2D eigenvalue weighted by Gasteiger charge is 2.68. The van der Waals surface area contributed by atoms with E-state index in [9.17, 15) is 23.8 Å². The van der Waals surface area contributed by atoms with Gasteiger partial charge in [0.15, 0.2) is 0 Å². The maximum atomic E-state index is 14.8. The van der Waals surface area contributed by atoms with Gasteiger partial charge in [0.25, 0.3) is 0 Å². The molecule has 7 nitrogen and oxygen atoms in total. The summed E-state index contributed by atoms with van der Waals surface area (Å²) in [6.45, 7) is 11.9. The Hall–Kier alpha value is -2.52. The normalized spacial score (nSPS) is 38.9. The van der Waals surface area contributed by atoms with Crippen molar-refractivity contribution >= 4 is 35.9 Å². The van der Waals surface area contributed by atoms with Crippen molar-refractivity contribution in [2.75, 3.05) is 5.32 Å². The minimum atomic E-state index is -1.19. The SMILES string of the molecule is C=C[C@]1(C)C[C@@H](OC(=O)Nc2cc3c(cc2F)COB3O)[C@]2(C)[C@H](C)CC[C@]3(CCC(=O)[C@H]32)[C@@H](C)C1=O. The standard InChI is InChI=1S/C28H35BFNO6/c1-6-26(4)13-22(37-25(34)31-20-12-18-17(11-19(20)30)14-36-29(18)35)27(5)15(2)7-9-28(16(3)24(26)33)10-8-21(32)23(27)28/h6,11-12,15-16,22-23,35H,1,7-10,13-14H2,2-5H3,(H,31,34)/t15-,16+,22-,23+,26-,27+,28+/m1/s1. The number of fused-ring (bicyclic) bond motifs is 1. The Kier molecular flexibility index (Phi) is 6.19. The van der Waals surface area contributed by atoms with E-state index in [0.717, 1.165) is 12.8 Å². The Morgan fingerprint density at radius 2 is 2.03 bits per heavy atom. The predicted octanol–water partition coefficient (Wildman–Crippen LogP) is 4.16. The van der Waals surface area contributed by atoms with Crippen LogP contribution in [0.3, 0.4) is 0 Å². The molecule has 0 radical (unpaired) electrons. The highest BCUT2D eigenvalue weighted by Crippen LogP contribution is 2.67. The van der Waals surface area contributed by atoms with Crippen LogP contribution in [0.5, 0.6) is 0 Å². The molecule has 198 valence electrons. The fourth-order valence-corrected chi connectivity index (χ4v) is 7.89. The summed E-state index contributed by atoms with van der Waals surface area (Å²) in [5.74, 6) is -1.19. The van der Waals surface area contributed by atoms with Gasteiger partial charge in [0, 0.05) is 35.5 Å². The van der Waals surface area contributed by atoms with Gasteiger partial charge in [-0.1, -0.05) is 26.8 Å². The molecule has 0 aromatic heterocycles. The molecule has 3 fully saturated rings. The number of carbonyl (C=O) groups excluding carboxylic acids is 3. The van der Waals surface area contributed by atoms with E-state index in [-0.39, 0.29) is 42.1 Å². The molecule has 2 bridgehead atoms. The number of nitrogens with one attached hydrogen (secondary N) is 1. The van der Waals surface area contributed by atoms with Crippen molar-refractivity contribution in [2.24, 2.45) is 34.0 Å². The van der Waals surface area contributed by atoms with Crippen LogP contribution in [0, 0.1) is 39.8 Å². The molecular weight excluding hydrogens is 476 g/mol. The van der Waals surface area contributed by atoms with Crippen LogP contribution in [0.4, 0.5) is 14.9 Å². The molecule has 4 aliphatic rings. The molecule has 1 heterocycles. The van der Waals surface area contributed by atoms with E-state index in [4.69, 9.17) is 9.39 Å². The quantitative estimate of drug-likeness (QED) is 0.467. The van der Waals surface area contributed by atoms with Gasteiger partial charge in [-0.15, -0.1) is 6.58 Å². The lowest BCUT2D eigenvalue weighted by Gasteiger charge is -2.60. The smallest absolute Gasteiger partial charge is 0.445 e. The van der Waals surface area contributed by atoms with Gasteiger partial charge in [0.2, 0.25) is 0 Å². The lowest BCUT2D eigenvalue weighted by molar-refractivity contribution is -0.175. The number of carbonyl (C=O) groups is 3. The zero-order valence-corrected chi connectivity index (χ0v) is 21.9. The first kappa shape index (κ1) is 26.1. The number of hydrogen-bond donors (Lipinski definition) is 2. The van der Waals surface area contributed by atoms with Gasteiger partial charge < -0.3 is 14.4 Å². The second kappa shape index (κ2) is 8.77. The molecule has 1 aliphatic heterocycles. The van der Waals surface area contributed by atoms with E-state index in [2.05, 4.69) is 18.8 Å². The zero-order chi connectivity index (χ0) is 26.9. The summed E-state index contributed by atoms with van der Waals surface area (Å²) in [4.78, 5) is 40.6. The van der Waals surface area contributed by atoms with E-state index in [1.165, 1.54) is 12.1 Å². The van der Waals surface area contributed by atoms with E-state index in [0.29, 0.717) is 23.9 Å². The fourth-order valence-electron chi connectivity index (χ4n) is 7.89. The third-order valence-corrected chi connectivity index (χ3v) is 10.4. The van der Waals surface area contributed by atoms with Crippen molar-refractivity contribution in [3.05, 3.63) is 36.2 Å². The first-order valence-electron chi connectivity index (χ1n) is 13.2. The number of ketones is 2. The number of amides is 1. The number of anilines is 1. The molecule has 0 spiro atoms. The van der Waals surface area contributed by atoms with Gasteiger partial charge in [-0.2, -0.15) is 0 Å². The van der Waals surface area contributed by atoms with Crippen molar-refractivity contribution in [1.82, 2.24) is 0 Å². The average molecular weight is 511 g/mol. The van der Waals surface area contributed by atoms with Crippen LogP contribution in [-0.2, 0) is 25.6 Å². The summed E-state index contributed by atoms with van der Waals surface area (Å²) in [6.07, 6.45) is 2.85.